The summed E-state index contributed by atoms with van der Waals surface area (Å²) in [6, 6.07) is 0. The Morgan fingerprint density at radius 2 is 2.15 bits per heavy atom. The number of ether oxygens (including phenoxy) is 2. The quantitative estimate of drug-likeness (QED) is 0.570. The minimum absolute atomic E-state index is 0.0827. The van der Waals surface area contributed by atoms with Gasteiger partial charge in [0.15, 0.2) is 0 Å². The van der Waals surface area contributed by atoms with Crippen LogP contribution in [0.5, 0.6) is 5.88 Å². The fourth-order valence-corrected chi connectivity index (χ4v) is 2.01. The smallest absolute Gasteiger partial charge is 0.350 e. The van der Waals surface area contributed by atoms with E-state index >= 15 is 0 Å². The largest absolute Gasteiger partial charge is 0.469 e. The summed E-state index contributed by atoms with van der Waals surface area (Å²) in [4.78, 5) is 12.8. The van der Waals surface area contributed by atoms with Gasteiger partial charge in [0, 0.05) is 19.6 Å². The van der Waals surface area contributed by atoms with Crippen LogP contribution in [0.3, 0.4) is 0 Å². The van der Waals surface area contributed by atoms with Crippen LogP contribution in [0.4, 0.5) is 5.69 Å². The minimum Gasteiger partial charge on any atom is -0.469 e. The van der Waals surface area contributed by atoms with Gasteiger partial charge in [-0.05, 0) is 13.8 Å². The average molecular weight is 284 g/mol. The molecule has 0 aromatic carbocycles. The van der Waals surface area contributed by atoms with E-state index in [4.69, 9.17) is 9.47 Å². The van der Waals surface area contributed by atoms with Crippen LogP contribution in [0, 0.1) is 10.1 Å². The Balaban J connectivity index is 1.98. The molecule has 0 spiro atoms. The van der Waals surface area contributed by atoms with Crippen molar-refractivity contribution in [2.45, 2.75) is 26.5 Å². The predicted molar refractivity (Wildman–Crippen MR) is 71.9 cm³/mol. The molecule has 1 fully saturated rings. The van der Waals surface area contributed by atoms with Gasteiger partial charge in [-0.3, -0.25) is 19.7 Å². The molecule has 0 atom stereocenters. The van der Waals surface area contributed by atoms with Crippen molar-refractivity contribution < 1.29 is 14.4 Å². The number of nitro groups is 1. The van der Waals surface area contributed by atoms with E-state index in [2.05, 4.69) is 10.00 Å². The number of hydrogen-bond acceptors (Lipinski definition) is 6. The first-order valence-electron chi connectivity index (χ1n) is 6.75. The summed E-state index contributed by atoms with van der Waals surface area (Å²) in [5, 5.41) is 15.1. The summed E-state index contributed by atoms with van der Waals surface area (Å²) >= 11 is 0. The Morgan fingerprint density at radius 1 is 1.45 bits per heavy atom. The lowest BCUT2D eigenvalue weighted by molar-refractivity contribution is -0.386. The molecule has 1 aliphatic heterocycles. The van der Waals surface area contributed by atoms with Crippen molar-refractivity contribution in [1.29, 1.82) is 0 Å². The van der Waals surface area contributed by atoms with Crippen LogP contribution in [0.15, 0.2) is 6.20 Å². The summed E-state index contributed by atoms with van der Waals surface area (Å²) in [5.41, 5.74) is -0.0827. The van der Waals surface area contributed by atoms with Gasteiger partial charge in [0.25, 0.3) is 0 Å². The zero-order valence-electron chi connectivity index (χ0n) is 11.8. The first-order valence-corrected chi connectivity index (χ1v) is 6.75. The fraction of sp³-hybridized carbons (Fsp3) is 0.750. The second-order valence-electron chi connectivity index (χ2n) is 4.96. The van der Waals surface area contributed by atoms with Crippen LogP contribution in [0.1, 0.15) is 13.8 Å². The Bertz CT molecular complexity index is 454. The van der Waals surface area contributed by atoms with Gasteiger partial charge >= 0.3 is 11.6 Å². The van der Waals surface area contributed by atoms with Gasteiger partial charge in [-0.25, -0.2) is 0 Å². The van der Waals surface area contributed by atoms with Gasteiger partial charge in [-0.1, -0.05) is 0 Å². The normalized spacial score (nSPS) is 16.6. The monoisotopic (exact) mass is 284 g/mol. The third-order valence-electron chi connectivity index (χ3n) is 3.00. The molecular weight excluding hydrogens is 264 g/mol. The minimum atomic E-state index is -0.462. The maximum Gasteiger partial charge on any atom is 0.350 e. The van der Waals surface area contributed by atoms with Gasteiger partial charge in [-0.15, -0.1) is 5.10 Å². The molecule has 8 heteroatoms. The van der Waals surface area contributed by atoms with Crippen molar-refractivity contribution in [2.24, 2.45) is 0 Å². The molecule has 1 aromatic heterocycles. The highest BCUT2D eigenvalue weighted by Crippen LogP contribution is 2.25. The van der Waals surface area contributed by atoms with Crippen molar-refractivity contribution in [3.63, 3.8) is 0 Å². The lowest BCUT2D eigenvalue weighted by Gasteiger charge is -2.26. The van der Waals surface area contributed by atoms with Crippen LogP contribution < -0.4 is 4.74 Å². The number of morpholine rings is 1. The zero-order valence-corrected chi connectivity index (χ0v) is 11.8. The first-order chi connectivity index (χ1) is 9.56. The Labute approximate surface area is 117 Å². The van der Waals surface area contributed by atoms with E-state index in [0.717, 1.165) is 32.8 Å². The van der Waals surface area contributed by atoms with Crippen LogP contribution in [0.25, 0.3) is 0 Å². The maximum absolute atomic E-state index is 11.0. The molecule has 0 N–H and O–H groups in total. The van der Waals surface area contributed by atoms with Gasteiger partial charge in [0.05, 0.1) is 30.8 Å². The van der Waals surface area contributed by atoms with Crippen molar-refractivity contribution in [1.82, 2.24) is 14.7 Å². The van der Waals surface area contributed by atoms with Crippen LogP contribution in [0.2, 0.25) is 0 Å². The third-order valence-corrected chi connectivity index (χ3v) is 3.00. The standard InChI is InChI=1S/C12H20N4O4/c1-10(2)20-12-11(16(17)18)9-15(13-12)4-3-14-5-7-19-8-6-14/h9-10H,3-8H2,1-2H3. The van der Waals surface area contributed by atoms with E-state index in [-0.39, 0.29) is 17.7 Å². The van der Waals surface area contributed by atoms with E-state index < -0.39 is 4.92 Å². The number of hydrogen-bond donors (Lipinski definition) is 0. The highest BCUT2D eigenvalue weighted by Gasteiger charge is 2.22. The number of aromatic nitrogens is 2. The zero-order chi connectivity index (χ0) is 14.5. The highest BCUT2D eigenvalue weighted by molar-refractivity contribution is 5.38. The van der Waals surface area contributed by atoms with E-state index in [1.165, 1.54) is 6.20 Å². The molecule has 0 aliphatic carbocycles. The van der Waals surface area contributed by atoms with E-state index in [1.807, 2.05) is 13.8 Å². The molecule has 1 saturated heterocycles. The second kappa shape index (κ2) is 6.67. The van der Waals surface area contributed by atoms with Gasteiger partial charge in [0.1, 0.15) is 6.20 Å². The van der Waals surface area contributed by atoms with E-state index in [0.29, 0.717) is 6.54 Å². The maximum atomic E-state index is 11.0. The van der Waals surface area contributed by atoms with Crippen LogP contribution >= 0.6 is 0 Å². The fourth-order valence-electron chi connectivity index (χ4n) is 2.01. The van der Waals surface area contributed by atoms with Crippen molar-refractivity contribution in [3.05, 3.63) is 16.3 Å². The van der Waals surface area contributed by atoms with E-state index in [1.54, 1.807) is 4.68 Å². The lowest BCUT2D eigenvalue weighted by Crippen LogP contribution is -2.38. The highest BCUT2D eigenvalue weighted by atomic mass is 16.6. The molecule has 0 amide bonds. The lowest BCUT2D eigenvalue weighted by atomic mass is 10.4. The molecule has 0 bridgehead atoms. The topological polar surface area (TPSA) is 82.7 Å². The third kappa shape index (κ3) is 3.91. The van der Waals surface area contributed by atoms with Crippen LogP contribution in [-0.4, -0.2) is 58.6 Å². The number of rotatable bonds is 6. The van der Waals surface area contributed by atoms with Gasteiger partial charge < -0.3 is 9.47 Å². The molecule has 1 aromatic rings. The molecule has 8 nitrogen and oxygen atoms in total. The molecular formula is C12H20N4O4. The summed E-state index contributed by atoms with van der Waals surface area (Å²) in [5.74, 6) is 0.0898. The second-order valence-corrected chi connectivity index (χ2v) is 4.96. The van der Waals surface area contributed by atoms with Crippen LogP contribution in [-0.2, 0) is 11.3 Å². The molecule has 0 unspecified atom stereocenters. The molecule has 2 heterocycles. The Kier molecular flexibility index (Phi) is 4.91. The first kappa shape index (κ1) is 14.7. The molecule has 0 radical (unpaired) electrons. The molecule has 20 heavy (non-hydrogen) atoms. The predicted octanol–water partition coefficient (Wildman–Crippen LogP) is 0.911. The van der Waals surface area contributed by atoms with Gasteiger partial charge in [-0.2, -0.15) is 0 Å². The Morgan fingerprint density at radius 3 is 2.75 bits per heavy atom. The molecule has 0 saturated carbocycles. The van der Waals surface area contributed by atoms with Gasteiger partial charge in [0.2, 0.25) is 0 Å². The average Bonchev–Trinajstić information content (AvgIpc) is 2.80. The molecule has 2 rings (SSSR count). The molecule has 1 aliphatic rings. The van der Waals surface area contributed by atoms with E-state index in [9.17, 15) is 10.1 Å². The SMILES string of the molecule is CC(C)Oc1nn(CCN2CCOCC2)cc1[N+](=O)[O-]. The summed E-state index contributed by atoms with van der Waals surface area (Å²) < 4.78 is 12.2. The Hall–Kier alpha value is -1.67. The number of nitrogens with zero attached hydrogens (tertiary/aromatic N) is 4. The van der Waals surface area contributed by atoms with Crippen molar-refractivity contribution in [2.75, 3.05) is 32.8 Å². The van der Waals surface area contributed by atoms with Crippen molar-refractivity contribution >= 4 is 5.69 Å². The summed E-state index contributed by atoms with van der Waals surface area (Å²) in [7, 11) is 0. The summed E-state index contributed by atoms with van der Waals surface area (Å²) in [6.07, 6.45) is 1.29. The molecule has 112 valence electrons. The van der Waals surface area contributed by atoms with Crippen molar-refractivity contribution in [3.8, 4) is 5.88 Å². The summed E-state index contributed by atoms with van der Waals surface area (Å²) in [6.45, 7) is 8.28.